The molecule has 3 N–H and O–H groups in total. The lowest BCUT2D eigenvalue weighted by atomic mass is 10.1. The number of nitrogens with one attached hydrogen (secondary N) is 3. The Hall–Kier alpha value is -3.32. The lowest BCUT2D eigenvalue weighted by Crippen LogP contribution is -2.19. The predicted molar refractivity (Wildman–Crippen MR) is 132 cm³/mol. The Morgan fingerprint density at radius 2 is 1.72 bits per heavy atom. The first-order valence-corrected chi connectivity index (χ1v) is 10.6. The molecule has 0 bridgehead atoms. The molecule has 0 radical (unpaired) electrons. The first-order chi connectivity index (χ1) is 15.1. The van der Waals surface area contributed by atoms with E-state index >= 15 is 0 Å². The minimum atomic E-state index is -0.405. The Labute approximate surface area is 192 Å². The third-order valence-electron chi connectivity index (χ3n) is 4.30. The molecule has 0 atom stereocenters. The summed E-state index contributed by atoms with van der Waals surface area (Å²) in [7, 11) is 0. The number of halogens is 1. The van der Waals surface area contributed by atoms with Crippen LogP contribution in [0.5, 0.6) is 0 Å². The minimum Gasteiger partial charge on any atom is -0.339 e. The highest BCUT2D eigenvalue weighted by atomic mass is 35.5. The number of aromatic amines is 1. The fourth-order valence-corrected chi connectivity index (χ4v) is 3.26. The number of nitrogens with zero attached hydrogens (tertiary/aromatic N) is 2. The first-order valence-electron chi connectivity index (χ1n) is 10.2. The third-order valence-corrected chi connectivity index (χ3v) is 4.52. The van der Waals surface area contributed by atoms with Crippen LogP contribution in [0.3, 0.4) is 0 Å². The summed E-state index contributed by atoms with van der Waals surface area (Å²) < 4.78 is 0. The maximum Gasteiger partial charge on any atom is 0.261 e. The highest BCUT2D eigenvalue weighted by Crippen LogP contribution is 2.28. The van der Waals surface area contributed by atoms with E-state index in [1.807, 2.05) is 26.0 Å². The molecule has 0 amide bonds. The van der Waals surface area contributed by atoms with Crippen LogP contribution in [0.2, 0.25) is 5.02 Å². The second-order valence-electron chi connectivity index (χ2n) is 8.13. The summed E-state index contributed by atoms with van der Waals surface area (Å²) in [6, 6.07) is 10.3. The lowest BCUT2D eigenvalue weighted by molar-refractivity contribution is 0.737. The van der Waals surface area contributed by atoms with Gasteiger partial charge in [0.25, 0.3) is 5.56 Å². The Kier molecular flexibility index (Phi) is 8.84. The van der Waals surface area contributed by atoms with Crippen molar-refractivity contribution < 1.29 is 0 Å². The summed E-state index contributed by atoms with van der Waals surface area (Å²) in [6.45, 7) is 10.3. The molecule has 0 spiro atoms. The van der Waals surface area contributed by atoms with Crippen molar-refractivity contribution in [3.8, 4) is 0 Å². The molecular formula is C24H28ClN5O2. The third kappa shape index (κ3) is 6.85. The summed E-state index contributed by atoms with van der Waals surface area (Å²) in [6.07, 6.45) is 1.34. The summed E-state index contributed by atoms with van der Waals surface area (Å²) in [5.41, 5.74) is 3.53. The van der Waals surface area contributed by atoms with Crippen LogP contribution in [0, 0.1) is 30.1 Å². The van der Waals surface area contributed by atoms with E-state index in [1.165, 1.54) is 0 Å². The zero-order valence-electron chi connectivity index (χ0n) is 18.9. The normalized spacial score (nSPS) is 10.3. The highest BCUT2D eigenvalue weighted by molar-refractivity contribution is 6.30. The van der Waals surface area contributed by atoms with Crippen molar-refractivity contribution in [3.63, 3.8) is 0 Å². The van der Waals surface area contributed by atoms with Gasteiger partial charge in [0.1, 0.15) is 17.3 Å². The van der Waals surface area contributed by atoms with Crippen LogP contribution in [-0.4, -0.2) is 16.2 Å². The molecule has 7 nitrogen and oxygen atoms in total. The largest absolute Gasteiger partial charge is 0.339 e. The fourth-order valence-electron chi connectivity index (χ4n) is 2.94. The number of aromatic nitrogens is 2. The van der Waals surface area contributed by atoms with Crippen LogP contribution >= 0.6 is 11.6 Å². The molecule has 0 saturated heterocycles. The molecule has 2 aromatic carbocycles. The lowest BCUT2D eigenvalue weighted by Gasteiger charge is -2.15. The summed E-state index contributed by atoms with van der Waals surface area (Å²) >= 11 is 6.09. The average Bonchev–Trinajstić information content (AvgIpc) is 2.70. The van der Waals surface area contributed by atoms with Gasteiger partial charge in [-0.2, -0.15) is 0 Å². The number of H-pyrrole nitrogens is 1. The van der Waals surface area contributed by atoms with Crippen LogP contribution in [0.4, 0.5) is 17.2 Å². The van der Waals surface area contributed by atoms with Gasteiger partial charge in [-0.05, 0) is 65.9 Å². The zero-order chi connectivity index (χ0) is 23.8. The Morgan fingerprint density at radius 3 is 2.22 bits per heavy atom. The molecule has 3 rings (SSSR count). The van der Waals surface area contributed by atoms with E-state index in [-0.39, 0.29) is 5.56 Å². The standard InChI is InChI=1S/C20H18ClN5O2.C4H10/c1-11-7-14(21)8-12(2)18(11)25-19-16(10-22)20(27)24-17(23-19)9-13-3-5-15(26-28)6-4-13;1-4(2)3/h3-8,10,22H,9H2,1-2H3,(H2,23,24,25,27);4H,1-3H3. The number of benzene rings is 2. The summed E-state index contributed by atoms with van der Waals surface area (Å²) in [5.74, 6) is 1.57. The molecule has 0 aliphatic carbocycles. The van der Waals surface area contributed by atoms with Gasteiger partial charge in [-0.25, -0.2) is 4.98 Å². The van der Waals surface area contributed by atoms with Crippen molar-refractivity contribution in [2.24, 2.45) is 11.1 Å². The molecule has 0 aliphatic heterocycles. The highest BCUT2D eigenvalue weighted by Gasteiger charge is 2.13. The molecule has 3 aromatic rings. The molecule has 32 heavy (non-hydrogen) atoms. The number of hydrogen-bond donors (Lipinski definition) is 3. The number of anilines is 2. The van der Waals surface area contributed by atoms with Gasteiger partial charge in [0, 0.05) is 23.3 Å². The Morgan fingerprint density at radius 1 is 1.16 bits per heavy atom. The van der Waals surface area contributed by atoms with E-state index in [2.05, 4.69) is 41.2 Å². The molecule has 0 aliphatic rings. The minimum absolute atomic E-state index is 0.137. The van der Waals surface area contributed by atoms with Gasteiger partial charge in [0.15, 0.2) is 0 Å². The van der Waals surface area contributed by atoms with Crippen molar-refractivity contribution in [2.45, 2.75) is 41.0 Å². The quantitative estimate of drug-likeness (QED) is 0.294. The SMILES string of the molecule is CC(C)C.Cc1cc(Cl)cc(C)c1Nc1nc(Cc2ccc(N=O)cc2)[nH]c(=O)c1C=N. The second kappa shape index (κ2) is 11.3. The van der Waals surface area contributed by atoms with Crippen molar-refractivity contribution in [1.29, 1.82) is 5.41 Å². The molecule has 0 saturated carbocycles. The molecule has 0 unspecified atom stereocenters. The molecule has 1 heterocycles. The number of aryl methyl sites for hydroxylation is 2. The summed E-state index contributed by atoms with van der Waals surface area (Å²) in [4.78, 5) is 30.2. The average molecular weight is 454 g/mol. The van der Waals surface area contributed by atoms with Crippen LogP contribution in [-0.2, 0) is 6.42 Å². The van der Waals surface area contributed by atoms with Crippen molar-refractivity contribution in [2.75, 3.05) is 5.32 Å². The van der Waals surface area contributed by atoms with Gasteiger partial charge in [-0.3, -0.25) is 4.79 Å². The van der Waals surface area contributed by atoms with Gasteiger partial charge in [-0.15, -0.1) is 4.91 Å². The van der Waals surface area contributed by atoms with E-state index in [9.17, 15) is 9.70 Å². The van der Waals surface area contributed by atoms with Crippen molar-refractivity contribution in [1.82, 2.24) is 9.97 Å². The molecule has 8 heteroatoms. The van der Waals surface area contributed by atoms with Gasteiger partial charge in [-0.1, -0.05) is 44.5 Å². The van der Waals surface area contributed by atoms with E-state index in [0.717, 1.165) is 34.5 Å². The van der Waals surface area contributed by atoms with Crippen LogP contribution in [0.25, 0.3) is 0 Å². The van der Waals surface area contributed by atoms with Crippen LogP contribution in [0.15, 0.2) is 46.4 Å². The molecule has 1 aromatic heterocycles. The smallest absolute Gasteiger partial charge is 0.261 e. The van der Waals surface area contributed by atoms with Crippen LogP contribution < -0.4 is 10.9 Å². The van der Waals surface area contributed by atoms with E-state index in [0.29, 0.717) is 28.8 Å². The van der Waals surface area contributed by atoms with Gasteiger partial charge < -0.3 is 15.7 Å². The second-order valence-corrected chi connectivity index (χ2v) is 8.56. The maximum absolute atomic E-state index is 12.4. The maximum atomic E-state index is 12.4. The van der Waals surface area contributed by atoms with Gasteiger partial charge in [0.2, 0.25) is 0 Å². The Balaban J connectivity index is 0.000000837. The van der Waals surface area contributed by atoms with Gasteiger partial charge >= 0.3 is 0 Å². The zero-order valence-corrected chi connectivity index (χ0v) is 19.7. The van der Waals surface area contributed by atoms with Crippen molar-refractivity contribution in [3.05, 3.63) is 84.8 Å². The number of nitroso groups, excluding NO2 is 1. The first kappa shape index (κ1) is 24.9. The topological polar surface area (TPSA) is 111 Å². The molecule has 168 valence electrons. The van der Waals surface area contributed by atoms with Crippen molar-refractivity contribution >= 4 is 35.0 Å². The summed E-state index contributed by atoms with van der Waals surface area (Å²) in [5, 5.41) is 14.3. The predicted octanol–water partition coefficient (Wildman–Crippen LogP) is 6.43. The van der Waals surface area contributed by atoms with E-state index in [4.69, 9.17) is 17.0 Å². The molecular weight excluding hydrogens is 426 g/mol. The van der Waals surface area contributed by atoms with E-state index < -0.39 is 5.56 Å². The Bertz CT molecular complexity index is 1130. The monoisotopic (exact) mass is 453 g/mol. The van der Waals surface area contributed by atoms with E-state index in [1.54, 1.807) is 24.3 Å². The fraction of sp³-hybridized carbons (Fsp3) is 0.292. The molecule has 0 fully saturated rings. The number of hydrogen-bond acceptors (Lipinski definition) is 6. The van der Waals surface area contributed by atoms with Crippen LogP contribution in [0.1, 0.15) is 48.8 Å². The van der Waals surface area contributed by atoms with Gasteiger partial charge in [0.05, 0.1) is 5.56 Å². The number of rotatable bonds is 6.